The molecule has 0 radical (unpaired) electrons. The molecule has 2 rings (SSSR count). The minimum Gasteiger partial charge on any atom is -0.504 e. The Bertz CT molecular complexity index is 525. The zero-order valence-electron chi connectivity index (χ0n) is 12.4. The van der Waals surface area contributed by atoms with Gasteiger partial charge in [0.2, 0.25) is 0 Å². The second-order valence-electron chi connectivity index (χ2n) is 5.35. The largest absolute Gasteiger partial charge is 0.504 e. The van der Waals surface area contributed by atoms with Crippen molar-refractivity contribution in [1.29, 1.82) is 0 Å². The van der Waals surface area contributed by atoms with Crippen molar-refractivity contribution in [2.24, 2.45) is 5.92 Å². The summed E-state index contributed by atoms with van der Waals surface area (Å²) in [7, 11) is 1.55. The van der Waals surface area contributed by atoms with Crippen LogP contribution >= 0.6 is 0 Å². The van der Waals surface area contributed by atoms with Crippen LogP contribution in [0.3, 0.4) is 0 Å². The monoisotopic (exact) mass is 289 g/mol. The Morgan fingerprint density at radius 1 is 1.43 bits per heavy atom. The zero-order valence-corrected chi connectivity index (χ0v) is 12.4. The number of phenolic OH excluding ortho intramolecular Hbond substituents is 1. The highest BCUT2D eigenvalue weighted by atomic mass is 16.5. The van der Waals surface area contributed by atoms with E-state index < -0.39 is 0 Å². The lowest BCUT2D eigenvalue weighted by Crippen LogP contribution is -2.26. The van der Waals surface area contributed by atoms with E-state index in [2.05, 4.69) is 24.0 Å². The standard InChI is InChI=1S/C17H23NO3/c1-3-4-14-7-13(9-16(21-2)17(14)20)10-18-15-6-5-12(8-15)11-19/h3,5-7,9,12,15,18-20H,1,4,8,10-11H2,2H3/t12-,15+/m0/s1. The fourth-order valence-corrected chi connectivity index (χ4v) is 2.61. The maximum atomic E-state index is 10.1. The molecule has 1 aromatic carbocycles. The van der Waals surface area contributed by atoms with Gasteiger partial charge in [-0.1, -0.05) is 24.3 Å². The Kier molecular flexibility index (Phi) is 5.42. The van der Waals surface area contributed by atoms with E-state index in [0.29, 0.717) is 18.7 Å². The highest BCUT2D eigenvalue weighted by molar-refractivity contribution is 5.49. The van der Waals surface area contributed by atoms with Crippen molar-refractivity contribution in [3.8, 4) is 11.5 Å². The molecule has 4 nitrogen and oxygen atoms in total. The topological polar surface area (TPSA) is 61.7 Å². The first kappa shape index (κ1) is 15.6. The molecule has 0 saturated heterocycles. The van der Waals surface area contributed by atoms with Crippen LogP contribution in [0.15, 0.2) is 36.9 Å². The summed E-state index contributed by atoms with van der Waals surface area (Å²) in [5.74, 6) is 0.928. The molecule has 0 unspecified atom stereocenters. The minimum atomic E-state index is 0.183. The predicted octanol–water partition coefficient (Wildman–Crippen LogP) is 2.16. The van der Waals surface area contributed by atoms with Crippen LogP contribution in [0.4, 0.5) is 0 Å². The quantitative estimate of drug-likeness (QED) is 0.673. The number of ether oxygens (including phenoxy) is 1. The van der Waals surface area contributed by atoms with Crippen molar-refractivity contribution in [2.45, 2.75) is 25.4 Å². The third-order valence-corrected chi connectivity index (χ3v) is 3.77. The van der Waals surface area contributed by atoms with E-state index in [1.165, 1.54) is 0 Å². The van der Waals surface area contributed by atoms with Crippen LogP contribution in [0, 0.1) is 5.92 Å². The smallest absolute Gasteiger partial charge is 0.161 e. The van der Waals surface area contributed by atoms with E-state index >= 15 is 0 Å². The minimum absolute atomic E-state index is 0.183. The lowest BCUT2D eigenvalue weighted by Gasteiger charge is -2.15. The van der Waals surface area contributed by atoms with Crippen LogP contribution in [-0.4, -0.2) is 30.0 Å². The number of hydrogen-bond acceptors (Lipinski definition) is 4. The van der Waals surface area contributed by atoms with Crippen LogP contribution in [0.1, 0.15) is 17.5 Å². The molecule has 4 heteroatoms. The number of rotatable bonds is 7. The number of methoxy groups -OCH3 is 1. The van der Waals surface area contributed by atoms with Gasteiger partial charge in [0.1, 0.15) is 0 Å². The lowest BCUT2D eigenvalue weighted by molar-refractivity contribution is 0.246. The number of allylic oxidation sites excluding steroid dienone is 1. The van der Waals surface area contributed by atoms with E-state index in [-0.39, 0.29) is 24.3 Å². The fourth-order valence-electron chi connectivity index (χ4n) is 2.61. The first-order valence-corrected chi connectivity index (χ1v) is 7.20. The Balaban J connectivity index is 2.04. The molecule has 0 fully saturated rings. The van der Waals surface area contributed by atoms with Gasteiger partial charge in [0.25, 0.3) is 0 Å². The van der Waals surface area contributed by atoms with Gasteiger partial charge in [-0.25, -0.2) is 0 Å². The van der Waals surface area contributed by atoms with Crippen LogP contribution in [-0.2, 0) is 13.0 Å². The molecule has 0 aliphatic heterocycles. The van der Waals surface area contributed by atoms with Crippen molar-refractivity contribution < 1.29 is 14.9 Å². The van der Waals surface area contributed by atoms with Crippen molar-refractivity contribution >= 4 is 0 Å². The fraction of sp³-hybridized carbons (Fsp3) is 0.412. The predicted molar refractivity (Wildman–Crippen MR) is 83.5 cm³/mol. The Labute approximate surface area is 125 Å². The molecule has 0 heterocycles. The molecule has 2 atom stereocenters. The zero-order chi connectivity index (χ0) is 15.2. The molecule has 21 heavy (non-hydrogen) atoms. The maximum absolute atomic E-state index is 10.1. The van der Waals surface area contributed by atoms with Crippen molar-refractivity contribution in [1.82, 2.24) is 5.32 Å². The molecule has 3 N–H and O–H groups in total. The molecule has 0 amide bonds. The number of phenols is 1. The molecular formula is C17H23NO3. The van der Waals surface area contributed by atoms with Gasteiger partial charge in [-0.2, -0.15) is 0 Å². The maximum Gasteiger partial charge on any atom is 0.161 e. The van der Waals surface area contributed by atoms with Gasteiger partial charge in [-0.05, 0) is 24.5 Å². The first-order valence-electron chi connectivity index (χ1n) is 7.20. The third-order valence-electron chi connectivity index (χ3n) is 3.77. The third kappa shape index (κ3) is 3.86. The molecular weight excluding hydrogens is 266 g/mol. The lowest BCUT2D eigenvalue weighted by atomic mass is 10.0. The van der Waals surface area contributed by atoms with Crippen molar-refractivity contribution in [2.75, 3.05) is 13.7 Å². The molecule has 0 bridgehead atoms. The number of aliphatic hydroxyl groups is 1. The Morgan fingerprint density at radius 3 is 2.86 bits per heavy atom. The summed E-state index contributed by atoms with van der Waals surface area (Å²) in [6.07, 6.45) is 7.44. The highest BCUT2D eigenvalue weighted by Gasteiger charge is 2.18. The van der Waals surface area contributed by atoms with Gasteiger partial charge in [0.15, 0.2) is 11.5 Å². The summed E-state index contributed by atoms with van der Waals surface area (Å²) < 4.78 is 5.22. The summed E-state index contributed by atoms with van der Waals surface area (Å²) in [6.45, 7) is 4.60. The Morgan fingerprint density at radius 2 is 2.24 bits per heavy atom. The van der Waals surface area contributed by atoms with Crippen molar-refractivity contribution in [3.63, 3.8) is 0 Å². The highest BCUT2D eigenvalue weighted by Crippen LogP contribution is 2.32. The Hall–Kier alpha value is -1.78. The van der Waals surface area contributed by atoms with Gasteiger partial charge in [0, 0.05) is 30.7 Å². The summed E-state index contributed by atoms with van der Waals surface area (Å²) in [5, 5.41) is 22.6. The normalized spacial score (nSPS) is 20.7. The van der Waals surface area contributed by atoms with E-state index in [1.54, 1.807) is 13.2 Å². The van der Waals surface area contributed by atoms with Gasteiger partial charge in [0.05, 0.1) is 7.11 Å². The van der Waals surface area contributed by atoms with E-state index in [1.807, 2.05) is 12.1 Å². The molecule has 114 valence electrons. The molecule has 0 aromatic heterocycles. The van der Waals surface area contributed by atoms with Crippen molar-refractivity contribution in [3.05, 3.63) is 48.1 Å². The van der Waals surface area contributed by atoms with Gasteiger partial charge >= 0.3 is 0 Å². The van der Waals surface area contributed by atoms with Crippen LogP contribution in [0.2, 0.25) is 0 Å². The van der Waals surface area contributed by atoms with Crippen LogP contribution in [0.25, 0.3) is 0 Å². The number of aromatic hydroxyl groups is 1. The van der Waals surface area contributed by atoms with E-state index in [0.717, 1.165) is 17.5 Å². The van der Waals surface area contributed by atoms with Crippen LogP contribution in [0.5, 0.6) is 11.5 Å². The van der Waals surface area contributed by atoms with Gasteiger partial charge in [-0.3, -0.25) is 0 Å². The molecule has 1 aliphatic carbocycles. The summed E-state index contributed by atoms with van der Waals surface area (Å²) in [6, 6.07) is 4.09. The van der Waals surface area contributed by atoms with Gasteiger partial charge in [-0.15, -0.1) is 6.58 Å². The number of aliphatic hydroxyl groups excluding tert-OH is 1. The average molecular weight is 289 g/mol. The van der Waals surface area contributed by atoms with Gasteiger partial charge < -0.3 is 20.3 Å². The number of hydrogen-bond donors (Lipinski definition) is 3. The second kappa shape index (κ2) is 7.29. The summed E-state index contributed by atoms with van der Waals surface area (Å²) in [4.78, 5) is 0. The number of nitrogens with one attached hydrogen (secondary N) is 1. The summed E-state index contributed by atoms with van der Waals surface area (Å²) >= 11 is 0. The summed E-state index contributed by atoms with van der Waals surface area (Å²) in [5.41, 5.74) is 1.87. The average Bonchev–Trinajstić information content (AvgIpc) is 2.96. The molecule has 1 aliphatic rings. The molecule has 0 saturated carbocycles. The first-order chi connectivity index (χ1) is 10.2. The molecule has 0 spiro atoms. The second-order valence-corrected chi connectivity index (χ2v) is 5.35. The van der Waals surface area contributed by atoms with E-state index in [4.69, 9.17) is 9.84 Å². The van der Waals surface area contributed by atoms with Crippen LogP contribution < -0.4 is 10.1 Å². The number of benzene rings is 1. The van der Waals surface area contributed by atoms with E-state index in [9.17, 15) is 5.11 Å². The molecule has 1 aromatic rings. The SMILES string of the molecule is C=CCc1cc(CN[C@@H]2C=C[C@H](CO)C2)cc(OC)c1O.